The van der Waals surface area contributed by atoms with E-state index in [-0.39, 0.29) is 11.9 Å². The number of carbonyl (C=O) groups excluding carboxylic acids is 1. The maximum atomic E-state index is 13.4. The minimum absolute atomic E-state index is 0.141. The molecule has 1 fully saturated rings. The van der Waals surface area contributed by atoms with Gasteiger partial charge in [-0.25, -0.2) is 0 Å². The van der Waals surface area contributed by atoms with Crippen molar-refractivity contribution in [2.24, 2.45) is 5.92 Å². The maximum absolute atomic E-state index is 13.4. The van der Waals surface area contributed by atoms with Gasteiger partial charge in [-0.15, -0.1) is 0 Å². The van der Waals surface area contributed by atoms with E-state index in [1.807, 2.05) is 25.1 Å². The average Bonchev–Trinajstić information content (AvgIpc) is 2.99. The fraction of sp³-hybridized carbons (Fsp3) is 0.400. The number of ether oxygens (including phenoxy) is 1. The van der Waals surface area contributed by atoms with E-state index in [1.54, 1.807) is 30.5 Å². The van der Waals surface area contributed by atoms with Crippen molar-refractivity contribution in [3.8, 4) is 0 Å². The molecule has 0 aliphatic carbocycles. The summed E-state index contributed by atoms with van der Waals surface area (Å²) < 4.78 is 5.48. The van der Waals surface area contributed by atoms with Crippen LogP contribution in [-0.2, 0) is 4.74 Å². The van der Waals surface area contributed by atoms with Gasteiger partial charge >= 0.3 is 0 Å². The van der Waals surface area contributed by atoms with E-state index in [0.717, 1.165) is 80.9 Å². The molecule has 1 amide bonds. The number of nitrogens with one attached hydrogen (secondary N) is 2. The minimum atomic E-state index is -0.253. The molecular weight excluding hydrogens is 530 g/mol. The van der Waals surface area contributed by atoms with Gasteiger partial charge in [0.1, 0.15) is 0 Å². The Morgan fingerprint density at radius 2 is 1.78 bits per heavy atom. The van der Waals surface area contributed by atoms with Gasteiger partial charge < -0.3 is 15.4 Å². The van der Waals surface area contributed by atoms with Crippen LogP contribution in [0.1, 0.15) is 61.9 Å². The summed E-state index contributed by atoms with van der Waals surface area (Å²) in [6.07, 6.45) is 8.25. The number of anilines is 1. The maximum Gasteiger partial charge on any atom is 0.251 e. The highest BCUT2D eigenvalue weighted by atomic mass is 35.5. The lowest BCUT2D eigenvalue weighted by Gasteiger charge is -2.28. The van der Waals surface area contributed by atoms with E-state index in [0.29, 0.717) is 22.9 Å². The Morgan fingerprint density at radius 1 is 1.07 bits per heavy atom. The van der Waals surface area contributed by atoms with Crippen molar-refractivity contribution in [1.82, 2.24) is 10.2 Å². The van der Waals surface area contributed by atoms with Crippen LogP contribution in [0.25, 0.3) is 5.57 Å². The number of amides is 1. The Kier molecular flexibility index (Phi) is 13.4. The molecule has 1 aliphatic heterocycles. The van der Waals surface area contributed by atoms with Crippen LogP contribution < -0.4 is 10.6 Å². The van der Waals surface area contributed by atoms with E-state index < -0.39 is 0 Å². The Balaban J connectivity index is 1.75. The molecule has 2 unspecified atom stereocenters. The van der Waals surface area contributed by atoms with Crippen LogP contribution in [0.15, 0.2) is 91.7 Å². The number of hydrogen-bond donors (Lipinski definition) is 2. The minimum Gasteiger partial charge on any atom is -0.379 e. The zero-order valence-corrected chi connectivity index (χ0v) is 25.5. The number of benzene rings is 2. The van der Waals surface area contributed by atoms with Crippen molar-refractivity contribution < 1.29 is 9.53 Å². The van der Waals surface area contributed by atoms with Crippen LogP contribution in [-0.4, -0.2) is 49.7 Å². The topological polar surface area (TPSA) is 53.6 Å². The highest BCUT2D eigenvalue weighted by Gasteiger charge is 2.23. The number of morpholine rings is 1. The molecule has 1 heterocycles. The molecule has 0 radical (unpaired) electrons. The van der Waals surface area contributed by atoms with Crippen molar-refractivity contribution in [3.63, 3.8) is 0 Å². The molecule has 2 aromatic carbocycles. The number of nitrogens with zero attached hydrogens (tertiary/aromatic N) is 1. The van der Waals surface area contributed by atoms with E-state index in [2.05, 4.69) is 54.3 Å². The summed E-state index contributed by atoms with van der Waals surface area (Å²) in [7, 11) is 0. The molecule has 220 valence electrons. The fourth-order valence-electron chi connectivity index (χ4n) is 5.34. The monoisotopic (exact) mass is 575 g/mol. The molecule has 6 heteroatoms. The Morgan fingerprint density at radius 3 is 2.44 bits per heavy atom. The van der Waals surface area contributed by atoms with Crippen molar-refractivity contribution in [1.29, 1.82) is 0 Å². The second kappa shape index (κ2) is 17.0. The Hall–Kier alpha value is -3.12. The van der Waals surface area contributed by atoms with Crippen LogP contribution in [0.5, 0.6) is 0 Å². The molecule has 2 N–H and O–H groups in total. The summed E-state index contributed by atoms with van der Waals surface area (Å²) in [5.41, 5.74) is 6.01. The normalized spacial score (nSPS) is 15.5. The molecule has 0 aromatic heterocycles. The lowest BCUT2D eigenvalue weighted by molar-refractivity contribution is 0.0374. The SMILES string of the molecule is C=CNc1ccccc1/C(=C\C)CC(NC(=O)c1ccc(Cl)cc1)C(=C)CC(CC)C(=C)CCCN1CCOCC1. The molecule has 2 aromatic rings. The number of hydrogen-bond acceptors (Lipinski definition) is 4. The van der Waals surface area contributed by atoms with Crippen molar-refractivity contribution in [3.05, 3.63) is 108 Å². The van der Waals surface area contributed by atoms with Gasteiger partial charge in [0, 0.05) is 34.9 Å². The fourth-order valence-corrected chi connectivity index (χ4v) is 5.46. The first-order valence-corrected chi connectivity index (χ1v) is 15.1. The Labute approximate surface area is 252 Å². The molecule has 0 spiro atoms. The van der Waals surface area contributed by atoms with Crippen LogP contribution in [0.4, 0.5) is 5.69 Å². The van der Waals surface area contributed by atoms with Gasteiger partial charge in [-0.1, -0.05) is 73.7 Å². The first-order chi connectivity index (χ1) is 19.9. The van der Waals surface area contributed by atoms with E-state index in [4.69, 9.17) is 16.3 Å². The predicted octanol–water partition coefficient (Wildman–Crippen LogP) is 8.13. The number of carbonyl (C=O) groups is 1. The third-order valence-corrected chi connectivity index (χ3v) is 8.11. The average molecular weight is 576 g/mol. The highest BCUT2D eigenvalue weighted by Crippen LogP contribution is 2.32. The van der Waals surface area contributed by atoms with E-state index >= 15 is 0 Å². The lowest BCUT2D eigenvalue weighted by Crippen LogP contribution is -2.37. The van der Waals surface area contributed by atoms with Gasteiger partial charge in [0.15, 0.2) is 0 Å². The second-order valence-electron chi connectivity index (χ2n) is 10.6. The van der Waals surface area contributed by atoms with Gasteiger partial charge in [-0.3, -0.25) is 9.69 Å². The van der Waals surface area contributed by atoms with Gasteiger partial charge in [0.05, 0.1) is 19.3 Å². The zero-order chi connectivity index (χ0) is 29.6. The van der Waals surface area contributed by atoms with E-state index in [9.17, 15) is 4.79 Å². The molecule has 1 saturated heterocycles. The van der Waals surface area contributed by atoms with Gasteiger partial charge in [0.25, 0.3) is 5.91 Å². The number of halogens is 1. The third kappa shape index (κ3) is 10.0. The zero-order valence-electron chi connectivity index (χ0n) is 24.8. The summed E-state index contributed by atoms with van der Waals surface area (Å²) in [5, 5.41) is 7.13. The number of para-hydroxylation sites is 1. The third-order valence-electron chi connectivity index (χ3n) is 7.86. The largest absolute Gasteiger partial charge is 0.379 e. The first-order valence-electron chi connectivity index (χ1n) is 14.7. The quantitative estimate of drug-likeness (QED) is 0.198. The van der Waals surface area contributed by atoms with Gasteiger partial charge in [-0.2, -0.15) is 0 Å². The lowest BCUT2D eigenvalue weighted by atomic mass is 9.84. The van der Waals surface area contributed by atoms with Crippen molar-refractivity contribution >= 4 is 28.8 Å². The summed E-state index contributed by atoms with van der Waals surface area (Å²) in [5.74, 6) is 0.170. The summed E-state index contributed by atoms with van der Waals surface area (Å²) >= 11 is 6.07. The van der Waals surface area contributed by atoms with Crippen LogP contribution in [0.3, 0.4) is 0 Å². The van der Waals surface area contributed by atoms with E-state index in [1.165, 1.54) is 5.57 Å². The number of allylic oxidation sites excluding steroid dienone is 2. The number of rotatable bonds is 16. The molecule has 5 nitrogen and oxygen atoms in total. The molecule has 1 aliphatic rings. The van der Waals surface area contributed by atoms with Crippen LogP contribution in [0.2, 0.25) is 5.02 Å². The van der Waals surface area contributed by atoms with Crippen molar-refractivity contribution in [2.45, 2.75) is 52.0 Å². The Bertz CT molecular complexity index is 1200. The highest BCUT2D eigenvalue weighted by molar-refractivity contribution is 6.30. The van der Waals surface area contributed by atoms with Crippen molar-refractivity contribution in [2.75, 3.05) is 38.2 Å². The standard InChI is InChI=1S/C35H46ClN3O2/c1-6-28(26(4)12-11-19-39-20-22-41-23-21-39)24-27(5)34(38-35(40)30-15-17-31(36)18-16-30)25-29(7-2)32-13-9-10-14-33(32)37-8-3/h7-10,13-18,28,34,37H,3-6,11-12,19-25H2,1-2H3,(H,38,40)/b29-7-. The summed E-state index contributed by atoms with van der Waals surface area (Å²) in [6.45, 7) is 21.8. The van der Waals surface area contributed by atoms with Crippen LogP contribution >= 0.6 is 11.6 Å². The molecule has 0 saturated carbocycles. The molecule has 2 atom stereocenters. The van der Waals surface area contributed by atoms with Gasteiger partial charge in [-0.05, 0) is 93.6 Å². The summed E-state index contributed by atoms with van der Waals surface area (Å²) in [6, 6.07) is 14.9. The smallest absolute Gasteiger partial charge is 0.251 e. The molecule has 0 bridgehead atoms. The molecular formula is C35H46ClN3O2. The first kappa shape index (κ1) is 32.4. The van der Waals surface area contributed by atoms with Gasteiger partial charge in [0.2, 0.25) is 0 Å². The molecule has 3 rings (SSSR count). The van der Waals surface area contributed by atoms with Crippen LogP contribution in [0, 0.1) is 5.92 Å². The molecule has 41 heavy (non-hydrogen) atoms. The predicted molar refractivity (Wildman–Crippen MR) is 174 cm³/mol. The summed E-state index contributed by atoms with van der Waals surface area (Å²) in [4.78, 5) is 15.8. The second-order valence-corrected chi connectivity index (χ2v) is 11.1.